The minimum Gasteiger partial charge on any atom is -0.286 e. The first-order chi connectivity index (χ1) is 5.53. The Morgan fingerprint density at radius 1 is 1.58 bits per heavy atom. The first kappa shape index (κ1) is 10.3. The van der Waals surface area contributed by atoms with Crippen LogP contribution in [0.1, 0.15) is 6.42 Å². The molecule has 70 valence electrons. The third-order valence-electron chi connectivity index (χ3n) is 1.60. The summed E-state index contributed by atoms with van der Waals surface area (Å²) >= 11 is 6.34. The fraction of sp³-hybridized carbons (Fsp3) is 0.833. The highest BCUT2D eigenvalue weighted by Gasteiger charge is 2.29. The van der Waals surface area contributed by atoms with Gasteiger partial charge in [0.25, 0.3) is 0 Å². The Morgan fingerprint density at radius 2 is 2.25 bits per heavy atom. The third kappa shape index (κ3) is 2.95. The maximum absolute atomic E-state index is 11.0. The van der Waals surface area contributed by atoms with Gasteiger partial charge < -0.3 is 0 Å². The zero-order chi connectivity index (χ0) is 9.19. The molecule has 0 bridgehead atoms. The second-order valence-corrected chi connectivity index (χ2v) is 6.50. The molecule has 1 heterocycles. The summed E-state index contributed by atoms with van der Waals surface area (Å²) < 4.78 is 21.9. The number of carbonyl (C=O) groups excluding carboxylic acids is 1. The lowest BCUT2D eigenvalue weighted by Crippen LogP contribution is -2.09. The Bertz CT molecular complexity index is 273. The average molecular weight is 229 g/mol. The SMILES string of the molecule is O=C(CCl)S[C@H]1CCS(=O)(=O)C1. The molecule has 1 saturated heterocycles. The first-order valence-electron chi connectivity index (χ1n) is 3.49. The zero-order valence-electron chi connectivity index (χ0n) is 6.32. The Balaban J connectivity index is 2.43. The van der Waals surface area contributed by atoms with Crippen LogP contribution in [0.4, 0.5) is 0 Å². The van der Waals surface area contributed by atoms with Crippen molar-refractivity contribution in [2.75, 3.05) is 17.4 Å². The molecule has 0 aliphatic carbocycles. The van der Waals surface area contributed by atoms with Crippen molar-refractivity contribution < 1.29 is 13.2 Å². The summed E-state index contributed by atoms with van der Waals surface area (Å²) in [6.07, 6.45) is 0.579. The summed E-state index contributed by atoms with van der Waals surface area (Å²) in [5.41, 5.74) is 0. The molecule has 0 radical (unpaired) electrons. The molecule has 0 aromatic rings. The summed E-state index contributed by atoms with van der Waals surface area (Å²) in [6, 6.07) is 0. The van der Waals surface area contributed by atoms with E-state index in [0.29, 0.717) is 6.42 Å². The van der Waals surface area contributed by atoms with Crippen molar-refractivity contribution in [3.63, 3.8) is 0 Å². The second-order valence-electron chi connectivity index (χ2n) is 2.65. The van der Waals surface area contributed by atoms with E-state index in [2.05, 4.69) is 0 Å². The van der Waals surface area contributed by atoms with Crippen LogP contribution in [0.25, 0.3) is 0 Å². The van der Waals surface area contributed by atoms with E-state index in [-0.39, 0.29) is 27.8 Å². The van der Waals surface area contributed by atoms with Gasteiger partial charge in [-0.05, 0) is 6.42 Å². The van der Waals surface area contributed by atoms with Crippen molar-refractivity contribution in [1.29, 1.82) is 0 Å². The van der Waals surface area contributed by atoms with Gasteiger partial charge in [0.2, 0.25) is 5.12 Å². The van der Waals surface area contributed by atoms with Gasteiger partial charge in [-0.15, -0.1) is 11.6 Å². The van der Waals surface area contributed by atoms with Gasteiger partial charge >= 0.3 is 0 Å². The molecular weight excluding hydrogens is 220 g/mol. The number of halogens is 1. The molecule has 1 atom stereocenters. The molecule has 1 fully saturated rings. The van der Waals surface area contributed by atoms with Gasteiger partial charge in [0, 0.05) is 5.25 Å². The number of sulfone groups is 1. The van der Waals surface area contributed by atoms with Crippen LogP contribution >= 0.6 is 23.4 Å². The average Bonchev–Trinajstić information content (AvgIpc) is 2.30. The Kier molecular flexibility index (Phi) is 3.43. The van der Waals surface area contributed by atoms with Crippen LogP contribution in [0.5, 0.6) is 0 Å². The number of alkyl halides is 1. The standard InChI is InChI=1S/C6H9ClO3S2/c7-3-6(8)11-5-1-2-12(9,10)4-5/h5H,1-4H2/t5-/m0/s1. The monoisotopic (exact) mass is 228 g/mol. The predicted octanol–water partition coefficient (Wildman–Crippen LogP) is 0.672. The molecular formula is C6H9ClO3S2. The molecule has 3 nitrogen and oxygen atoms in total. The van der Waals surface area contributed by atoms with E-state index in [9.17, 15) is 13.2 Å². The van der Waals surface area contributed by atoms with Crippen molar-refractivity contribution in [1.82, 2.24) is 0 Å². The molecule has 0 N–H and O–H groups in total. The van der Waals surface area contributed by atoms with Crippen molar-refractivity contribution in [3.05, 3.63) is 0 Å². The largest absolute Gasteiger partial charge is 0.286 e. The molecule has 0 saturated carbocycles. The van der Waals surface area contributed by atoms with Gasteiger partial charge in [-0.3, -0.25) is 4.79 Å². The lowest BCUT2D eigenvalue weighted by atomic mass is 10.4. The number of hydrogen-bond acceptors (Lipinski definition) is 4. The van der Waals surface area contributed by atoms with Gasteiger partial charge in [0.1, 0.15) is 0 Å². The summed E-state index contributed by atoms with van der Waals surface area (Å²) in [7, 11) is -2.87. The van der Waals surface area contributed by atoms with Crippen molar-refractivity contribution >= 4 is 38.3 Å². The van der Waals surface area contributed by atoms with Crippen LogP contribution in [-0.4, -0.2) is 36.2 Å². The molecule has 0 aromatic heterocycles. The number of carbonyl (C=O) groups is 1. The molecule has 0 aromatic carbocycles. The van der Waals surface area contributed by atoms with E-state index < -0.39 is 9.84 Å². The van der Waals surface area contributed by atoms with Crippen LogP contribution in [-0.2, 0) is 14.6 Å². The summed E-state index contributed by atoms with van der Waals surface area (Å²) in [5, 5.41) is -0.208. The van der Waals surface area contributed by atoms with Crippen molar-refractivity contribution in [2.45, 2.75) is 11.7 Å². The maximum Gasteiger partial charge on any atom is 0.203 e. The van der Waals surface area contributed by atoms with E-state index in [1.54, 1.807) is 0 Å². The minimum absolute atomic E-state index is 0.0405. The highest BCUT2D eigenvalue weighted by atomic mass is 35.5. The highest BCUT2D eigenvalue weighted by molar-refractivity contribution is 8.15. The molecule has 1 rings (SSSR count). The van der Waals surface area contributed by atoms with Gasteiger partial charge in [-0.25, -0.2) is 8.42 Å². The van der Waals surface area contributed by atoms with Crippen LogP contribution in [0.3, 0.4) is 0 Å². The Labute approximate surface area is 80.8 Å². The lowest BCUT2D eigenvalue weighted by Gasteiger charge is -2.02. The molecule has 0 unspecified atom stereocenters. The van der Waals surface area contributed by atoms with E-state index >= 15 is 0 Å². The van der Waals surface area contributed by atoms with Crippen molar-refractivity contribution in [2.24, 2.45) is 0 Å². The summed E-state index contributed by atoms with van der Waals surface area (Å²) in [5.74, 6) is 0.293. The molecule has 0 amide bonds. The number of rotatable bonds is 2. The van der Waals surface area contributed by atoms with E-state index in [1.807, 2.05) is 0 Å². The molecule has 1 aliphatic rings. The Morgan fingerprint density at radius 3 is 2.67 bits per heavy atom. The van der Waals surface area contributed by atoms with Crippen LogP contribution < -0.4 is 0 Å². The summed E-state index contributed by atoms with van der Waals surface area (Å²) in [4.78, 5) is 10.8. The molecule has 6 heteroatoms. The van der Waals surface area contributed by atoms with Crippen LogP contribution in [0, 0.1) is 0 Å². The zero-order valence-corrected chi connectivity index (χ0v) is 8.71. The second kappa shape index (κ2) is 3.98. The molecule has 0 spiro atoms. The third-order valence-corrected chi connectivity index (χ3v) is 5.12. The Hall–Kier alpha value is 0.260. The minimum atomic E-state index is -2.87. The van der Waals surface area contributed by atoms with E-state index in [0.717, 1.165) is 11.8 Å². The fourth-order valence-electron chi connectivity index (χ4n) is 1.07. The van der Waals surface area contributed by atoms with Gasteiger partial charge in [0.15, 0.2) is 9.84 Å². The maximum atomic E-state index is 11.0. The van der Waals surface area contributed by atoms with Crippen LogP contribution in [0.15, 0.2) is 0 Å². The number of hydrogen-bond donors (Lipinski definition) is 0. The fourth-order valence-corrected chi connectivity index (χ4v) is 4.52. The van der Waals surface area contributed by atoms with Crippen molar-refractivity contribution in [3.8, 4) is 0 Å². The van der Waals surface area contributed by atoms with Gasteiger partial charge in [-0.1, -0.05) is 11.8 Å². The smallest absolute Gasteiger partial charge is 0.203 e. The van der Waals surface area contributed by atoms with Gasteiger partial charge in [0.05, 0.1) is 17.4 Å². The quantitative estimate of drug-likeness (QED) is 0.652. The molecule has 12 heavy (non-hydrogen) atoms. The van der Waals surface area contributed by atoms with Crippen LogP contribution in [0.2, 0.25) is 0 Å². The normalized spacial score (nSPS) is 27.2. The predicted molar refractivity (Wildman–Crippen MR) is 50.4 cm³/mol. The molecule has 1 aliphatic heterocycles. The highest BCUT2D eigenvalue weighted by Crippen LogP contribution is 2.24. The number of thioether (sulfide) groups is 1. The first-order valence-corrected chi connectivity index (χ1v) is 6.73. The lowest BCUT2D eigenvalue weighted by molar-refractivity contribution is -0.108. The van der Waals surface area contributed by atoms with E-state index in [1.165, 1.54) is 0 Å². The van der Waals surface area contributed by atoms with Gasteiger partial charge in [-0.2, -0.15) is 0 Å². The summed E-state index contributed by atoms with van der Waals surface area (Å²) in [6.45, 7) is 0. The topological polar surface area (TPSA) is 51.2 Å². The van der Waals surface area contributed by atoms with E-state index in [4.69, 9.17) is 11.6 Å².